The molecular formula is C17H25NO. The van der Waals surface area contributed by atoms with Crippen LogP contribution in [0.5, 0.6) is 5.75 Å². The Morgan fingerprint density at radius 2 is 1.79 bits per heavy atom. The van der Waals surface area contributed by atoms with Gasteiger partial charge in [-0.25, -0.2) is 0 Å². The zero-order valence-electron chi connectivity index (χ0n) is 11.9. The van der Waals surface area contributed by atoms with Crippen LogP contribution in [0.1, 0.15) is 50.0 Å². The van der Waals surface area contributed by atoms with Crippen molar-refractivity contribution in [2.45, 2.75) is 50.5 Å². The second-order valence-electron chi connectivity index (χ2n) is 6.20. The van der Waals surface area contributed by atoms with E-state index in [-0.39, 0.29) is 0 Å². The molecule has 0 bridgehead atoms. The molecule has 0 unspecified atom stereocenters. The van der Waals surface area contributed by atoms with Crippen molar-refractivity contribution in [3.05, 3.63) is 29.8 Å². The van der Waals surface area contributed by atoms with E-state index in [2.05, 4.69) is 29.6 Å². The van der Waals surface area contributed by atoms with E-state index >= 15 is 0 Å². The standard InChI is InChI=1S/C17H25NO/c1-19-17-8-6-14(7-9-17)15-10-16(11-15)18-12-13-4-2-3-5-13/h6-9,13,15-16,18H,2-5,10-12H2,1H3. The SMILES string of the molecule is COc1ccc(C2CC(NCC3CCCC3)C2)cc1. The lowest BCUT2D eigenvalue weighted by Gasteiger charge is -2.37. The predicted octanol–water partition coefficient (Wildman–Crippen LogP) is 3.72. The van der Waals surface area contributed by atoms with Gasteiger partial charge in [-0.1, -0.05) is 25.0 Å². The van der Waals surface area contributed by atoms with Gasteiger partial charge < -0.3 is 10.1 Å². The van der Waals surface area contributed by atoms with Crippen LogP contribution in [-0.2, 0) is 0 Å². The molecule has 0 atom stereocenters. The topological polar surface area (TPSA) is 21.3 Å². The average molecular weight is 259 g/mol. The van der Waals surface area contributed by atoms with Crippen LogP contribution < -0.4 is 10.1 Å². The smallest absolute Gasteiger partial charge is 0.118 e. The summed E-state index contributed by atoms with van der Waals surface area (Å²) in [5.41, 5.74) is 1.47. The maximum atomic E-state index is 5.20. The quantitative estimate of drug-likeness (QED) is 0.870. The van der Waals surface area contributed by atoms with Crippen LogP contribution in [0.2, 0.25) is 0 Å². The van der Waals surface area contributed by atoms with E-state index in [1.807, 2.05) is 0 Å². The molecular weight excluding hydrogens is 234 g/mol. The Morgan fingerprint density at radius 1 is 1.11 bits per heavy atom. The molecule has 2 nitrogen and oxygen atoms in total. The Kier molecular flexibility index (Phi) is 4.07. The van der Waals surface area contributed by atoms with Crippen LogP contribution in [0.25, 0.3) is 0 Å². The molecule has 2 saturated carbocycles. The highest BCUT2D eigenvalue weighted by molar-refractivity contribution is 5.30. The summed E-state index contributed by atoms with van der Waals surface area (Å²) in [7, 11) is 1.72. The molecule has 0 amide bonds. The number of hydrogen-bond donors (Lipinski definition) is 1. The van der Waals surface area contributed by atoms with Gasteiger partial charge in [-0.15, -0.1) is 0 Å². The van der Waals surface area contributed by atoms with Gasteiger partial charge in [0.05, 0.1) is 7.11 Å². The highest BCUT2D eigenvalue weighted by atomic mass is 16.5. The molecule has 2 fully saturated rings. The fourth-order valence-corrected chi connectivity index (χ4v) is 3.48. The van der Waals surface area contributed by atoms with Crippen LogP contribution in [0.3, 0.4) is 0 Å². The van der Waals surface area contributed by atoms with E-state index < -0.39 is 0 Å². The minimum atomic E-state index is 0.756. The van der Waals surface area contributed by atoms with Crippen LogP contribution in [0.4, 0.5) is 0 Å². The first-order valence-electron chi connectivity index (χ1n) is 7.72. The van der Waals surface area contributed by atoms with Crippen molar-refractivity contribution in [1.82, 2.24) is 5.32 Å². The fraction of sp³-hybridized carbons (Fsp3) is 0.647. The van der Waals surface area contributed by atoms with E-state index in [9.17, 15) is 0 Å². The number of benzene rings is 1. The van der Waals surface area contributed by atoms with Crippen molar-refractivity contribution in [1.29, 1.82) is 0 Å². The molecule has 104 valence electrons. The molecule has 0 heterocycles. The highest BCUT2D eigenvalue weighted by Gasteiger charge is 2.30. The van der Waals surface area contributed by atoms with Gasteiger partial charge in [-0.2, -0.15) is 0 Å². The Labute approximate surface area is 116 Å². The molecule has 2 aliphatic carbocycles. The lowest BCUT2D eigenvalue weighted by atomic mass is 9.75. The van der Waals surface area contributed by atoms with E-state index in [4.69, 9.17) is 4.74 Å². The minimum absolute atomic E-state index is 0.756. The van der Waals surface area contributed by atoms with Crippen LogP contribution in [0.15, 0.2) is 24.3 Å². The van der Waals surface area contributed by atoms with Gasteiger partial charge in [0, 0.05) is 6.04 Å². The van der Waals surface area contributed by atoms with Crippen molar-refractivity contribution in [2.75, 3.05) is 13.7 Å². The van der Waals surface area contributed by atoms with Crippen molar-refractivity contribution >= 4 is 0 Å². The Balaban J connectivity index is 1.41. The minimum Gasteiger partial charge on any atom is -0.497 e. The third kappa shape index (κ3) is 3.11. The number of ether oxygens (including phenoxy) is 1. The summed E-state index contributed by atoms with van der Waals surface area (Å²) in [5, 5.41) is 3.76. The Morgan fingerprint density at radius 3 is 2.42 bits per heavy atom. The van der Waals surface area contributed by atoms with Crippen LogP contribution in [0, 0.1) is 5.92 Å². The third-order valence-electron chi connectivity index (χ3n) is 4.90. The number of methoxy groups -OCH3 is 1. The summed E-state index contributed by atoms with van der Waals surface area (Å²) in [5.74, 6) is 2.67. The number of nitrogens with one attached hydrogen (secondary N) is 1. The molecule has 0 aliphatic heterocycles. The van der Waals surface area contributed by atoms with E-state index in [0.29, 0.717) is 0 Å². The van der Waals surface area contributed by atoms with Crippen molar-refractivity contribution in [2.24, 2.45) is 5.92 Å². The molecule has 0 spiro atoms. The average Bonchev–Trinajstić information content (AvgIpc) is 2.91. The maximum Gasteiger partial charge on any atom is 0.118 e. The van der Waals surface area contributed by atoms with E-state index in [0.717, 1.165) is 23.6 Å². The first kappa shape index (κ1) is 13.0. The fourth-order valence-electron chi connectivity index (χ4n) is 3.48. The Bertz CT molecular complexity index is 388. The molecule has 1 aromatic carbocycles. The summed E-state index contributed by atoms with van der Waals surface area (Å²) in [4.78, 5) is 0. The highest BCUT2D eigenvalue weighted by Crippen LogP contribution is 2.37. The second kappa shape index (κ2) is 5.96. The van der Waals surface area contributed by atoms with Gasteiger partial charge >= 0.3 is 0 Å². The molecule has 2 aliphatic rings. The summed E-state index contributed by atoms with van der Waals surface area (Å²) >= 11 is 0. The molecule has 0 saturated heterocycles. The molecule has 19 heavy (non-hydrogen) atoms. The zero-order valence-corrected chi connectivity index (χ0v) is 11.9. The maximum absolute atomic E-state index is 5.20. The van der Waals surface area contributed by atoms with Crippen molar-refractivity contribution in [3.63, 3.8) is 0 Å². The molecule has 3 rings (SSSR count). The van der Waals surface area contributed by atoms with Gasteiger partial charge in [-0.05, 0) is 61.8 Å². The van der Waals surface area contributed by atoms with Gasteiger partial charge in [0.25, 0.3) is 0 Å². The first-order chi connectivity index (χ1) is 9.35. The van der Waals surface area contributed by atoms with E-state index in [1.165, 1.54) is 50.6 Å². The number of rotatable bonds is 5. The van der Waals surface area contributed by atoms with E-state index in [1.54, 1.807) is 7.11 Å². The van der Waals surface area contributed by atoms with Crippen LogP contribution in [-0.4, -0.2) is 19.7 Å². The lowest BCUT2D eigenvalue weighted by molar-refractivity contribution is 0.276. The summed E-state index contributed by atoms with van der Waals surface area (Å²) < 4.78 is 5.20. The van der Waals surface area contributed by atoms with Crippen molar-refractivity contribution in [3.8, 4) is 5.75 Å². The Hall–Kier alpha value is -1.02. The predicted molar refractivity (Wildman–Crippen MR) is 78.7 cm³/mol. The zero-order chi connectivity index (χ0) is 13.1. The monoisotopic (exact) mass is 259 g/mol. The second-order valence-corrected chi connectivity index (χ2v) is 6.20. The van der Waals surface area contributed by atoms with Gasteiger partial charge in [-0.3, -0.25) is 0 Å². The molecule has 1 aromatic rings. The van der Waals surface area contributed by atoms with Gasteiger partial charge in [0.15, 0.2) is 0 Å². The normalized spacial score (nSPS) is 27.2. The van der Waals surface area contributed by atoms with Crippen LogP contribution >= 0.6 is 0 Å². The summed E-state index contributed by atoms with van der Waals surface area (Å²) in [6.07, 6.45) is 8.40. The van der Waals surface area contributed by atoms with Gasteiger partial charge in [0.1, 0.15) is 5.75 Å². The third-order valence-corrected chi connectivity index (χ3v) is 4.90. The molecule has 0 aromatic heterocycles. The largest absolute Gasteiger partial charge is 0.497 e. The molecule has 1 N–H and O–H groups in total. The lowest BCUT2D eigenvalue weighted by Crippen LogP contribution is -2.41. The number of hydrogen-bond acceptors (Lipinski definition) is 2. The van der Waals surface area contributed by atoms with Gasteiger partial charge in [0.2, 0.25) is 0 Å². The summed E-state index contributed by atoms with van der Waals surface area (Å²) in [6, 6.07) is 9.35. The van der Waals surface area contributed by atoms with Crippen molar-refractivity contribution < 1.29 is 4.74 Å². The molecule has 2 heteroatoms. The molecule has 0 radical (unpaired) electrons. The first-order valence-corrected chi connectivity index (χ1v) is 7.72. The summed E-state index contributed by atoms with van der Waals surface area (Å²) in [6.45, 7) is 1.25.